The number of rotatable bonds is 3. The lowest BCUT2D eigenvalue weighted by Gasteiger charge is -2.05. The molecule has 2 aromatic carbocycles. The summed E-state index contributed by atoms with van der Waals surface area (Å²) in [6, 6.07) is 8.10. The van der Waals surface area contributed by atoms with Gasteiger partial charge >= 0.3 is 0 Å². The molecule has 2 aromatic rings. The van der Waals surface area contributed by atoms with E-state index in [1.807, 2.05) is 0 Å². The van der Waals surface area contributed by atoms with E-state index in [4.69, 9.17) is 17.3 Å². The summed E-state index contributed by atoms with van der Waals surface area (Å²) in [5, 5.41) is 0.316. The van der Waals surface area contributed by atoms with E-state index in [1.54, 1.807) is 12.1 Å². The van der Waals surface area contributed by atoms with Gasteiger partial charge in [0.05, 0.1) is 27.3 Å². The standard InChI is InChI=1S/C13H10ClF2NOS/c14-10-6-9(2-4-13(10)17)19(18)7-8-1-3-11(15)12(16)5-8/h1-6H,7,17H2. The number of halogens is 3. The molecule has 2 N–H and O–H groups in total. The topological polar surface area (TPSA) is 43.1 Å². The Morgan fingerprint density at radius 3 is 2.47 bits per heavy atom. The number of hydrogen-bond acceptors (Lipinski definition) is 2. The first-order valence-corrected chi connectivity index (χ1v) is 7.04. The Morgan fingerprint density at radius 2 is 1.84 bits per heavy atom. The van der Waals surface area contributed by atoms with Gasteiger partial charge in [-0.3, -0.25) is 4.21 Å². The van der Waals surface area contributed by atoms with Crippen LogP contribution >= 0.6 is 11.6 Å². The van der Waals surface area contributed by atoms with Crippen LogP contribution in [0.4, 0.5) is 14.5 Å². The molecule has 0 amide bonds. The average Bonchev–Trinajstić information content (AvgIpc) is 2.37. The van der Waals surface area contributed by atoms with E-state index >= 15 is 0 Å². The first kappa shape index (κ1) is 14.0. The van der Waals surface area contributed by atoms with E-state index in [2.05, 4.69) is 0 Å². The van der Waals surface area contributed by atoms with Crippen molar-refractivity contribution in [3.05, 3.63) is 58.6 Å². The molecular formula is C13H10ClF2NOS. The first-order chi connectivity index (χ1) is 8.97. The van der Waals surface area contributed by atoms with E-state index < -0.39 is 22.4 Å². The fourth-order valence-electron chi connectivity index (χ4n) is 1.51. The van der Waals surface area contributed by atoms with Crippen LogP contribution in [0.2, 0.25) is 5.02 Å². The molecule has 0 radical (unpaired) electrons. The number of nitrogen functional groups attached to an aromatic ring is 1. The van der Waals surface area contributed by atoms with Gasteiger partial charge in [-0.05, 0) is 35.9 Å². The SMILES string of the molecule is Nc1ccc(S(=O)Cc2ccc(F)c(F)c2)cc1Cl. The Balaban J connectivity index is 2.20. The molecule has 0 bridgehead atoms. The molecule has 0 aromatic heterocycles. The molecule has 0 spiro atoms. The fourth-order valence-corrected chi connectivity index (χ4v) is 2.88. The predicted octanol–water partition coefficient (Wildman–Crippen LogP) is 3.51. The van der Waals surface area contributed by atoms with E-state index in [0.29, 0.717) is 21.2 Å². The van der Waals surface area contributed by atoms with Crippen LogP contribution in [-0.4, -0.2) is 4.21 Å². The van der Waals surface area contributed by atoms with Gasteiger partial charge in [-0.25, -0.2) is 8.78 Å². The maximum absolute atomic E-state index is 13.0. The zero-order valence-corrected chi connectivity index (χ0v) is 11.3. The van der Waals surface area contributed by atoms with Crippen molar-refractivity contribution < 1.29 is 13.0 Å². The Hall–Kier alpha value is -1.46. The molecular weight excluding hydrogens is 292 g/mol. The largest absolute Gasteiger partial charge is 0.398 e. The quantitative estimate of drug-likeness (QED) is 0.882. The first-order valence-electron chi connectivity index (χ1n) is 5.34. The van der Waals surface area contributed by atoms with Gasteiger partial charge in [0.1, 0.15) is 0 Å². The minimum Gasteiger partial charge on any atom is -0.398 e. The zero-order chi connectivity index (χ0) is 14.0. The molecule has 1 atom stereocenters. The molecule has 0 aliphatic rings. The summed E-state index contributed by atoms with van der Waals surface area (Å²) in [5.41, 5.74) is 6.40. The highest BCUT2D eigenvalue weighted by Gasteiger charge is 2.09. The Labute approximate surface area is 116 Å². The number of hydrogen-bond donors (Lipinski definition) is 1. The van der Waals surface area contributed by atoms with Gasteiger partial charge in [-0.1, -0.05) is 17.7 Å². The highest BCUT2D eigenvalue weighted by atomic mass is 35.5. The van der Waals surface area contributed by atoms with Crippen LogP contribution < -0.4 is 5.73 Å². The number of anilines is 1. The van der Waals surface area contributed by atoms with Gasteiger partial charge in [0.15, 0.2) is 11.6 Å². The van der Waals surface area contributed by atoms with E-state index in [9.17, 15) is 13.0 Å². The van der Waals surface area contributed by atoms with Crippen molar-refractivity contribution in [2.75, 3.05) is 5.73 Å². The van der Waals surface area contributed by atoms with Gasteiger partial charge in [0, 0.05) is 4.90 Å². The van der Waals surface area contributed by atoms with E-state index in [-0.39, 0.29) is 5.75 Å². The molecule has 0 fully saturated rings. The summed E-state index contributed by atoms with van der Waals surface area (Å²) in [4.78, 5) is 0.490. The van der Waals surface area contributed by atoms with Crippen molar-refractivity contribution in [2.24, 2.45) is 0 Å². The third kappa shape index (κ3) is 3.30. The van der Waals surface area contributed by atoms with Crippen LogP contribution in [0.3, 0.4) is 0 Å². The molecule has 0 saturated heterocycles. The maximum atomic E-state index is 13.0. The molecule has 0 heterocycles. The third-order valence-corrected chi connectivity index (χ3v) is 4.22. The number of nitrogens with two attached hydrogens (primary N) is 1. The summed E-state index contributed by atoms with van der Waals surface area (Å²) in [6.07, 6.45) is 0. The third-order valence-electron chi connectivity index (χ3n) is 2.52. The van der Waals surface area contributed by atoms with Crippen molar-refractivity contribution in [1.29, 1.82) is 0 Å². The predicted molar refractivity (Wildman–Crippen MR) is 72.3 cm³/mol. The summed E-state index contributed by atoms with van der Waals surface area (Å²) < 4.78 is 37.9. The summed E-state index contributed by atoms with van der Waals surface area (Å²) in [7, 11) is -1.40. The lowest BCUT2D eigenvalue weighted by atomic mass is 10.2. The molecule has 0 aliphatic heterocycles. The Kier molecular flexibility index (Phi) is 4.17. The van der Waals surface area contributed by atoms with E-state index in [1.165, 1.54) is 12.1 Å². The minimum atomic E-state index is -1.40. The highest BCUT2D eigenvalue weighted by Crippen LogP contribution is 2.23. The summed E-state index contributed by atoms with van der Waals surface area (Å²) >= 11 is 5.84. The minimum absolute atomic E-state index is 0.0808. The monoisotopic (exact) mass is 301 g/mol. The van der Waals surface area contributed by atoms with Crippen LogP contribution in [0.5, 0.6) is 0 Å². The second-order valence-corrected chi connectivity index (χ2v) is 5.78. The van der Waals surface area contributed by atoms with Crippen LogP contribution in [0.15, 0.2) is 41.3 Å². The second kappa shape index (κ2) is 5.67. The molecule has 0 saturated carbocycles. The van der Waals surface area contributed by atoms with Crippen molar-refractivity contribution in [3.8, 4) is 0 Å². The van der Waals surface area contributed by atoms with Gasteiger partial charge in [-0.2, -0.15) is 0 Å². The molecule has 100 valence electrons. The van der Waals surface area contributed by atoms with E-state index in [0.717, 1.165) is 12.1 Å². The van der Waals surface area contributed by atoms with Crippen LogP contribution in [-0.2, 0) is 16.6 Å². The lowest BCUT2D eigenvalue weighted by molar-refractivity contribution is 0.507. The molecule has 2 nitrogen and oxygen atoms in total. The van der Waals surface area contributed by atoms with Crippen LogP contribution in [0.1, 0.15) is 5.56 Å². The second-order valence-electron chi connectivity index (χ2n) is 3.92. The smallest absolute Gasteiger partial charge is 0.159 e. The molecule has 0 aliphatic carbocycles. The summed E-state index contributed by atoms with van der Waals surface area (Å²) in [5.74, 6) is -1.80. The highest BCUT2D eigenvalue weighted by molar-refractivity contribution is 7.84. The van der Waals surface area contributed by atoms with Crippen molar-refractivity contribution >= 4 is 28.1 Å². The normalized spacial score (nSPS) is 12.4. The van der Waals surface area contributed by atoms with Gasteiger partial charge in [0.25, 0.3) is 0 Å². The lowest BCUT2D eigenvalue weighted by Crippen LogP contribution is -1.99. The molecule has 1 unspecified atom stereocenters. The van der Waals surface area contributed by atoms with Crippen molar-refractivity contribution in [1.82, 2.24) is 0 Å². The Bertz CT molecular complexity index is 649. The molecule has 19 heavy (non-hydrogen) atoms. The summed E-state index contributed by atoms with van der Waals surface area (Å²) in [6.45, 7) is 0. The van der Waals surface area contributed by atoms with Crippen molar-refractivity contribution in [2.45, 2.75) is 10.6 Å². The number of benzene rings is 2. The fraction of sp³-hybridized carbons (Fsp3) is 0.0769. The van der Waals surface area contributed by atoms with Gasteiger partial charge in [-0.15, -0.1) is 0 Å². The van der Waals surface area contributed by atoms with Gasteiger partial charge < -0.3 is 5.73 Å². The molecule has 6 heteroatoms. The van der Waals surface area contributed by atoms with Crippen LogP contribution in [0, 0.1) is 11.6 Å². The Morgan fingerprint density at radius 1 is 1.11 bits per heavy atom. The maximum Gasteiger partial charge on any atom is 0.159 e. The van der Waals surface area contributed by atoms with Crippen LogP contribution in [0.25, 0.3) is 0 Å². The zero-order valence-electron chi connectivity index (χ0n) is 9.70. The average molecular weight is 302 g/mol. The molecule has 2 rings (SSSR count). The van der Waals surface area contributed by atoms with Crippen molar-refractivity contribution in [3.63, 3.8) is 0 Å². The van der Waals surface area contributed by atoms with Gasteiger partial charge in [0.2, 0.25) is 0 Å².